The topological polar surface area (TPSA) is 55.6 Å². The van der Waals surface area contributed by atoms with E-state index in [0.29, 0.717) is 0 Å². The van der Waals surface area contributed by atoms with E-state index >= 15 is 0 Å². The van der Waals surface area contributed by atoms with Gasteiger partial charge in [0.25, 0.3) is 0 Å². The van der Waals surface area contributed by atoms with Crippen LogP contribution in [0.1, 0.15) is 19.8 Å². The normalized spacial score (nSPS) is 19.7. The lowest BCUT2D eigenvalue weighted by Crippen LogP contribution is -2.47. The molecule has 1 aliphatic heterocycles. The first-order chi connectivity index (χ1) is 7.29. The van der Waals surface area contributed by atoms with Crippen molar-refractivity contribution in [3.63, 3.8) is 0 Å². The van der Waals surface area contributed by atoms with Crippen LogP contribution in [0.3, 0.4) is 0 Å². The van der Waals surface area contributed by atoms with Gasteiger partial charge in [-0.2, -0.15) is 0 Å². The zero-order chi connectivity index (χ0) is 12.3. The van der Waals surface area contributed by atoms with Gasteiger partial charge in [-0.1, -0.05) is 0 Å². The Bertz CT molecular complexity index is 253. The van der Waals surface area contributed by atoms with E-state index in [4.69, 9.17) is 5.73 Å². The standard InChI is InChI=1S/C9H15F3N2O2.ClH/c1-6(13)8(15)14-4-2-7(3-5-14)16-9(10,11)12;/h6-7H,2-5,13H2,1H3;1H/t6-;/m1./s1. The quantitative estimate of drug-likeness (QED) is 0.827. The van der Waals surface area contributed by atoms with Crippen LogP contribution in [-0.2, 0) is 9.53 Å². The van der Waals surface area contributed by atoms with Crippen molar-refractivity contribution in [2.24, 2.45) is 5.73 Å². The number of nitrogens with zero attached hydrogens (tertiary/aromatic N) is 1. The Balaban J connectivity index is 0.00000256. The first kappa shape index (κ1) is 16.5. The molecule has 102 valence electrons. The van der Waals surface area contributed by atoms with Gasteiger partial charge in [-0.15, -0.1) is 25.6 Å². The molecule has 8 heteroatoms. The predicted molar refractivity (Wildman–Crippen MR) is 57.6 cm³/mol. The number of carbonyl (C=O) groups excluding carboxylic acids is 1. The Labute approximate surface area is 104 Å². The summed E-state index contributed by atoms with van der Waals surface area (Å²) < 4.78 is 39.6. The Morgan fingerprint density at radius 3 is 2.24 bits per heavy atom. The average Bonchev–Trinajstić information content (AvgIpc) is 2.15. The largest absolute Gasteiger partial charge is 0.522 e. The summed E-state index contributed by atoms with van der Waals surface area (Å²) >= 11 is 0. The second-order valence-electron chi connectivity index (χ2n) is 3.88. The lowest BCUT2D eigenvalue weighted by atomic mass is 10.1. The summed E-state index contributed by atoms with van der Waals surface area (Å²) in [6, 6.07) is -0.611. The third kappa shape index (κ3) is 5.56. The summed E-state index contributed by atoms with van der Waals surface area (Å²) in [5.74, 6) is -0.231. The maximum Gasteiger partial charge on any atom is 0.522 e. The first-order valence-electron chi connectivity index (χ1n) is 5.08. The fraction of sp³-hybridized carbons (Fsp3) is 0.889. The average molecular weight is 277 g/mol. The van der Waals surface area contributed by atoms with Crippen molar-refractivity contribution in [1.82, 2.24) is 4.90 Å². The minimum atomic E-state index is -4.60. The second-order valence-corrected chi connectivity index (χ2v) is 3.88. The lowest BCUT2D eigenvalue weighted by Gasteiger charge is -2.33. The minimum absolute atomic E-state index is 0. The maximum absolute atomic E-state index is 11.9. The van der Waals surface area contributed by atoms with Gasteiger partial charge in [0.1, 0.15) is 0 Å². The van der Waals surface area contributed by atoms with Gasteiger partial charge in [0.2, 0.25) is 5.91 Å². The number of piperidine rings is 1. The molecule has 0 aliphatic carbocycles. The molecule has 0 saturated carbocycles. The number of hydrogen-bond donors (Lipinski definition) is 1. The zero-order valence-electron chi connectivity index (χ0n) is 9.37. The number of likely N-dealkylation sites (tertiary alicyclic amines) is 1. The summed E-state index contributed by atoms with van der Waals surface area (Å²) in [6.45, 7) is 2.09. The summed E-state index contributed by atoms with van der Waals surface area (Å²) in [5, 5.41) is 0. The molecule has 1 atom stereocenters. The number of alkyl halides is 3. The molecule has 0 unspecified atom stereocenters. The number of carbonyl (C=O) groups is 1. The van der Waals surface area contributed by atoms with Crippen molar-refractivity contribution < 1.29 is 22.7 Å². The van der Waals surface area contributed by atoms with Gasteiger partial charge in [-0.25, -0.2) is 0 Å². The molecule has 0 radical (unpaired) electrons. The molecule has 1 rings (SSSR count). The molecular weight excluding hydrogens is 261 g/mol. The van der Waals surface area contributed by atoms with Gasteiger partial charge in [-0.05, 0) is 19.8 Å². The van der Waals surface area contributed by atoms with Gasteiger partial charge >= 0.3 is 6.36 Å². The van der Waals surface area contributed by atoms with Crippen LogP contribution >= 0.6 is 12.4 Å². The van der Waals surface area contributed by atoms with E-state index in [9.17, 15) is 18.0 Å². The van der Waals surface area contributed by atoms with Crippen LogP contribution in [-0.4, -0.2) is 42.4 Å². The fourth-order valence-electron chi connectivity index (χ4n) is 1.67. The van der Waals surface area contributed by atoms with E-state index in [1.165, 1.54) is 4.90 Å². The van der Waals surface area contributed by atoms with E-state index in [0.717, 1.165) is 0 Å². The van der Waals surface area contributed by atoms with Gasteiger partial charge in [0.15, 0.2) is 0 Å². The van der Waals surface area contributed by atoms with Crippen molar-refractivity contribution in [2.45, 2.75) is 38.3 Å². The second kappa shape index (κ2) is 6.42. The third-order valence-electron chi connectivity index (χ3n) is 2.44. The smallest absolute Gasteiger partial charge is 0.341 e. The van der Waals surface area contributed by atoms with Crippen LogP contribution < -0.4 is 5.73 Å². The molecule has 0 spiro atoms. The highest BCUT2D eigenvalue weighted by Crippen LogP contribution is 2.24. The molecule has 0 aromatic heterocycles. The van der Waals surface area contributed by atoms with Crippen molar-refractivity contribution in [2.75, 3.05) is 13.1 Å². The van der Waals surface area contributed by atoms with Gasteiger partial charge in [0, 0.05) is 13.1 Å². The molecule has 4 nitrogen and oxygen atoms in total. The molecule has 17 heavy (non-hydrogen) atoms. The molecule has 1 saturated heterocycles. The minimum Gasteiger partial charge on any atom is -0.341 e. The molecule has 2 N–H and O–H groups in total. The summed E-state index contributed by atoms with van der Waals surface area (Å²) in [6.07, 6.45) is -5.06. The Morgan fingerprint density at radius 2 is 1.88 bits per heavy atom. The van der Waals surface area contributed by atoms with Crippen LogP contribution in [0.5, 0.6) is 0 Å². The fourth-order valence-corrected chi connectivity index (χ4v) is 1.67. The van der Waals surface area contributed by atoms with E-state index in [-0.39, 0.29) is 44.2 Å². The molecule has 1 fully saturated rings. The molecular formula is C9H16ClF3N2O2. The van der Waals surface area contributed by atoms with Crippen LogP contribution in [0.2, 0.25) is 0 Å². The van der Waals surface area contributed by atoms with Crippen molar-refractivity contribution in [3.8, 4) is 0 Å². The Morgan fingerprint density at radius 1 is 1.41 bits per heavy atom. The summed E-state index contributed by atoms with van der Waals surface area (Å²) in [7, 11) is 0. The highest BCUT2D eigenvalue weighted by molar-refractivity contribution is 5.85. The zero-order valence-corrected chi connectivity index (χ0v) is 10.2. The highest BCUT2D eigenvalue weighted by Gasteiger charge is 2.35. The lowest BCUT2D eigenvalue weighted by molar-refractivity contribution is -0.345. The molecule has 1 heterocycles. The summed E-state index contributed by atoms with van der Waals surface area (Å²) in [4.78, 5) is 12.9. The van der Waals surface area contributed by atoms with Gasteiger partial charge < -0.3 is 10.6 Å². The number of nitrogens with two attached hydrogens (primary N) is 1. The molecule has 1 aliphatic rings. The monoisotopic (exact) mass is 276 g/mol. The molecule has 0 aromatic carbocycles. The SMILES string of the molecule is C[C@@H](N)C(=O)N1CCC(OC(F)(F)F)CC1.Cl. The number of halogens is 4. The third-order valence-corrected chi connectivity index (χ3v) is 2.44. The van der Waals surface area contributed by atoms with Gasteiger partial charge in [-0.3, -0.25) is 9.53 Å². The number of amides is 1. The first-order valence-corrected chi connectivity index (χ1v) is 5.08. The Kier molecular flexibility index (Phi) is 6.22. The van der Waals surface area contributed by atoms with Crippen LogP contribution in [0.15, 0.2) is 0 Å². The number of rotatable bonds is 2. The van der Waals surface area contributed by atoms with Crippen LogP contribution in [0, 0.1) is 0 Å². The molecule has 0 bridgehead atoms. The molecule has 0 aromatic rings. The van der Waals surface area contributed by atoms with Crippen LogP contribution in [0.25, 0.3) is 0 Å². The Hall–Kier alpha value is -0.530. The summed E-state index contributed by atoms with van der Waals surface area (Å²) in [5.41, 5.74) is 5.40. The van der Waals surface area contributed by atoms with Crippen LogP contribution in [0.4, 0.5) is 13.2 Å². The number of ether oxygens (including phenoxy) is 1. The van der Waals surface area contributed by atoms with E-state index in [1.807, 2.05) is 0 Å². The van der Waals surface area contributed by atoms with Gasteiger partial charge in [0.05, 0.1) is 12.1 Å². The maximum atomic E-state index is 11.9. The van der Waals surface area contributed by atoms with E-state index in [2.05, 4.69) is 4.74 Å². The van der Waals surface area contributed by atoms with Crippen molar-refractivity contribution in [1.29, 1.82) is 0 Å². The van der Waals surface area contributed by atoms with E-state index in [1.54, 1.807) is 6.92 Å². The number of hydrogen-bond acceptors (Lipinski definition) is 3. The van der Waals surface area contributed by atoms with Crippen molar-refractivity contribution in [3.05, 3.63) is 0 Å². The predicted octanol–water partition coefficient (Wildman–Crippen LogP) is 1.28. The molecule has 1 amide bonds. The highest BCUT2D eigenvalue weighted by atomic mass is 35.5. The van der Waals surface area contributed by atoms with Crippen molar-refractivity contribution >= 4 is 18.3 Å². The van der Waals surface area contributed by atoms with E-state index < -0.39 is 18.5 Å².